The van der Waals surface area contributed by atoms with E-state index in [1.807, 2.05) is 0 Å². The third-order valence-electron chi connectivity index (χ3n) is 2.28. The van der Waals surface area contributed by atoms with Gasteiger partial charge in [0.2, 0.25) is 0 Å². The molecular formula is C10H11NO4. The standard InChI is InChI=1S/C10H11NO4/c1-6(12)7-3-2-4-8-10(7)11(14)9(13)5-15-8/h2-4,6,12,14H,5H2,1H3. The summed E-state index contributed by atoms with van der Waals surface area (Å²) in [7, 11) is 0. The number of nitrogens with zero attached hydrogens (tertiary/aromatic N) is 1. The summed E-state index contributed by atoms with van der Waals surface area (Å²) in [6.07, 6.45) is -0.774. The fourth-order valence-corrected chi connectivity index (χ4v) is 1.54. The van der Waals surface area contributed by atoms with E-state index in [9.17, 15) is 15.1 Å². The largest absolute Gasteiger partial charge is 0.481 e. The molecule has 0 aromatic heterocycles. The van der Waals surface area contributed by atoms with Crippen LogP contribution >= 0.6 is 0 Å². The number of hydrogen-bond donors (Lipinski definition) is 2. The molecule has 5 nitrogen and oxygen atoms in total. The first kappa shape index (κ1) is 9.95. The summed E-state index contributed by atoms with van der Waals surface area (Å²) in [5.41, 5.74) is 0.687. The highest BCUT2D eigenvalue weighted by Gasteiger charge is 2.27. The van der Waals surface area contributed by atoms with E-state index in [1.165, 1.54) is 0 Å². The number of fused-ring (bicyclic) bond motifs is 1. The number of hydroxylamine groups is 1. The van der Waals surface area contributed by atoms with E-state index in [0.29, 0.717) is 16.4 Å². The number of ether oxygens (including phenoxy) is 1. The van der Waals surface area contributed by atoms with Crippen LogP contribution in [0.4, 0.5) is 5.69 Å². The molecule has 2 rings (SSSR count). The number of aliphatic hydroxyl groups is 1. The smallest absolute Gasteiger partial charge is 0.288 e. The van der Waals surface area contributed by atoms with E-state index in [2.05, 4.69) is 0 Å². The normalized spacial score (nSPS) is 17.0. The second-order valence-electron chi connectivity index (χ2n) is 3.36. The predicted octanol–water partition coefficient (Wildman–Crippen LogP) is 0.854. The first-order chi connectivity index (χ1) is 7.11. The van der Waals surface area contributed by atoms with Crippen molar-refractivity contribution in [2.75, 3.05) is 11.7 Å². The fourth-order valence-electron chi connectivity index (χ4n) is 1.54. The minimum atomic E-state index is -0.774. The lowest BCUT2D eigenvalue weighted by atomic mass is 10.1. The Morgan fingerprint density at radius 3 is 2.93 bits per heavy atom. The van der Waals surface area contributed by atoms with Crippen LogP contribution in [-0.2, 0) is 4.79 Å². The minimum Gasteiger partial charge on any atom is -0.481 e. The molecular weight excluding hydrogens is 198 g/mol. The number of rotatable bonds is 1. The Bertz CT molecular complexity index is 402. The van der Waals surface area contributed by atoms with E-state index < -0.39 is 12.0 Å². The molecule has 0 radical (unpaired) electrons. The molecule has 80 valence electrons. The number of aliphatic hydroxyl groups excluding tert-OH is 1. The van der Waals surface area contributed by atoms with Crippen molar-refractivity contribution < 1.29 is 19.8 Å². The van der Waals surface area contributed by atoms with Crippen LogP contribution in [0.25, 0.3) is 0 Å². The van der Waals surface area contributed by atoms with Crippen molar-refractivity contribution in [3.63, 3.8) is 0 Å². The number of anilines is 1. The van der Waals surface area contributed by atoms with Gasteiger partial charge in [0.25, 0.3) is 5.91 Å². The number of hydrogen-bond acceptors (Lipinski definition) is 4. The van der Waals surface area contributed by atoms with E-state index in [1.54, 1.807) is 25.1 Å². The van der Waals surface area contributed by atoms with Crippen molar-refractivity contribution in [3.8, 4) is 5.75 Å². The van der Waals surface area contributed by atoms with Crippen LogP contribution in [0.5, 0.6) is 5.75 Å². The lowest BCUT2D eigenvalue weighted by Crippen LogP contribution is -2.36. The van der Waals surface area contributed by atoms with Crippen molar-refractivity contribution in [1.82, 2.24) is 0 Å². The second kappa shape index (κ2) is 3.52. The number of benzene rings is 1. The summed E-state index contributed by atoms with van der Waals surface area (Å²) in [5, 5.41) is 19.6. The zero-order chi connectivity index (χ0) is 11.0. The number of carbonyl (C=O) groups excluding carboxylic acids is 1. The Hall–Kier alpha value is -1.59. The molecule has 0 spiro atoms. The van der Waals surface area contributed by atoms with Crippen LogP contribution in [0, 0.1) is 0 Å². The topological polar surface area (TPSA) is 70.0 Å². The van der Waals surface area contributed by atoms with Crippen molar-refractivity contribution in [3.05, 3.63) is 23.8 Å². The van der Waals surface area contributed by atoms with Crippen molar-refractivity contribution in [2.24, 2.45) is 0 Å². The molecule has 1 aliphatic rings. The first-order valence-corrected chi connectivity index (χ1v) is 4.57. The van der Waals surface area contributed by atoms with E-state index in [4.69, 9.17) is 4.74 Å². The summed E-state index contributed by atoms with van der Waals surface area (Å²) >= 11 is 0. The molecule has 0 aliphatic carbocycles. The van der Waals surface area contributed by atoms with Gasteiger partial charge in [0, 0.05) is 5.56 Å². The Morgan fingerprint density at radius 2 is 2.27 bits per heavy atom. The van der Waals surface area contributed by atoms with Crippen LogP contribution in [0.2, 0.25) is 0 Å². The zero-order valence-corrected chi connectivity index (χ0v) is 8.17. The van der Waals surface area contributed by atoms with Gasteiger partial charge in [0.05, 0.1) is 6.10 Å². The summed E-state index contributed by atoms with van der Waals surface area (Å²) in [4.78, 5) is 11.2. The van der Waals surface area contributed by atoms with Crippen LogP contribution in [-0.4, -0.2) is 22.8 Å². The van der Waals surface area contributed by atoms with Gasteiger partial charge in [0.15, 0.2) is 6.61 Å². The molecule has 2 N–H and O–H groups in total. The van der Waals surface area contributed by atoms with Crippen LogP contribution in [0.15, 0.2) is 18.2 Å². The van der Waals surface area contributed by atoms with Gasteiger partial charge in [0.1, 0.15) is 11.4 Å². The summed E-state index contributed by atoms with van der Waals surface area (Å²) in [6, 6.07) is 4.97. The molecule has 15 heavy (non-hydrogen) atoms. The highest BCUT2D eigenvalue weighted by molar-refractivity contribution is 5.96. The highest BCUT2D eigenvalue weighted by atomic mass is 16.5. The third-order valence-corrected chi connectivity index (χ3v) is 2.28. The summed E-state index contributed by atoms with van der Waals surface area (Å²) in [5.74, 6) is -0.147. The Kier molecular flexibility index (Phi) is 2.34. The molecule has 0 saturated carbocycles. The van der Waals surface area contributed by atoms with Gasteiger partial charge in [-0.2, -0.15) is 5.06 Å². The second-order valence-corrected chi connectivity index (χ2v) is 3.36. The molecule has 1 aliphatic heterocycles. The maximum absolute atomic E-state index is 11.2. The molecule has 0 saturated heterocycles. The lowest BCUT2D eigenvalue weighted by Gasteiger charge is -2.26. The Labute approximate surface area is 86.5 Å². The first-order valence-electron chi connectivity index (χ1n) is 4.57. The molecule has 1 aromatic rings. The summed E-state index contributed by atoms with van der Waals surface area (Å²) in [6.45, 7) is 1.37. The highest BCUT2D eigenvalue weighted by Crippen LogP contribution is 2.37. The minimum absolute atomic E-state index is 0.188. The molecule has 1 amide bonds. The van der Waals surface area contributed by atoms with Crippen LogP contribution in [0.1, 0.15) is 18.6 Å². The molecule has 0 fully saturated rings. The van der Waals surface area contributed by atoms with Crippen molar-refractivity contribution in [1.29, 1.82) is 0 Å². The Balaban J connectivity index is 2.57. The average Bonchev–Trinajstić information content (AvgIpc) is 2.23. The molecule has 1 aromatic carbocycles. The van der Waals surface area contributed by atoms with E-state index >= 15 is 0 Å². The van der Waals surface area contributed by atoms with Gasteiger partial charge in [-0.25, -0.2) is 0 Å². The molecule has 1 unspecified atom stereocenters. The van der Waals surface area contributed by atoms with Gasteiger partial charge < -0.3 is 9.84 Å². The number of carbonyl (C=O) groups is 1. The Morgan fingerprint density at radius 1 is 1.53 bits per heavy atom. The van der Waals surface area contributed by atoms with Gasteiger partial charge in [-0.1, -0.05) is 12.1 Å². The maximum atomic E-state index is 11.2. The molecule has 1 heterocycles. The monoisotopic (exact) mass is 209 g/mol. The maximum Gasteiger partial charge on any atom is 0.288 e. The van der Waals surface area contributed by atoms with Gasteiger partial charge in [-0.05, 0) is 13.0 Å². The number of para-hydroxylation sites is 1. The SMILES string of the molecule is CC(O)c1cccc2c1N(O)C(=O)CO2. The van der Waals surface area contributed by atoms with E-state index in [-0.39, 0.29) is 12.3 Å². The van der Waals surface area contributed by atoms with Gasteiger partial charge in [-0.15, -0.1) is 0 Å². The van der Waals surface area contributed by atoms with Gasteiger partial charge in [-0.3, -0.25) is 10.0 Å². The number of amides is 1. The predicted molar refractivity (Wildman–Crippen MR) is 51.8 cm³/mol. The van der Waals surface area contributed by atoms with Crippen LogP contribution in [0.3, 0.4) is 0 Å². The third kappa shape index (κ3) is 1.55. The fraction of sp³-hybridized carbons (Fsp3) is 0.300. The average molecular weight is 209 g/mol. The molecule has 5 heteroatoms. The zero-order valence-electron chi connectivity index (χ0n) is 8.17. The van der Waals surface area contributed by atoms with E-state index in [0.717, 1.165) is 0 Å². The molecule has 0 bridgehead atoms. The van der Waals surface area contributed by atoms with Crippen molar-refractivity contribution in [2.45, 2.75) is 13.0 Å². The quantitative estimate of drug-likeness (QED) is 0.673. The van der Waals surface area contributed by atoms with Crippen molar-refractivity contribution >= 4 is 11.6 Å². The van der Waals surface area contributed by atoms with Gasteiger partial charge >= 0.3 is 0 Å². The van der Waals surface area contributed by atoms with Crippen LogP contribution < -0.4 is 9.80 Å². The summed E-state index contributed by atoms with van der Waals surface area (Å²) < 4.78 is 5.13. The lowest BCUT2D eigenvalue weighted by molar-refractivity contribution is -0.126. The molecule has 1 atom stereocenters.